The molecule has 0 saturated heterocycles. The molecule has 2 N–H and O–H groups in total. The van der Waals surface area contributed by atoms with Crippen molar-refractivity contribution in [3.63, 3.8) is 0 Å². The van der Waals surface area contributed by atoms with Crippen LogP contribution in [0, 0.1) is 5.95 Å². The van der Waals surface area contributed by atoms with Crippen molar-refractivity contribution in [1.29, 1.82) is 0 Å². The van der Waals surface area contributed by atoms with Crippen molar-refractivity contribution >= 4 is 43.2 Å². The second kappa shape index (κ2) is 10.1. The summed E-state index contributed by atoms with van der Waals surface area (Å²) in [5, 5.41) is 3.65. The van der Waals surface area contributed by atoms with Crippen LogP contribution in [0.5, 0.6) is 0 Å². The minimum Gasteiger partial charge on any atom is -0.384 e. The first-order valence-electron chi connectivity index (χ1n) is 10.6. The van der Waals surface area contributed by atoms with E-state index in [-0.39, 0.29) is 35.9 Å². The fraction of sp³-hybridized carbons (Fsp3) is 0.364. The molecule has 1 fully saturated rings. The molecule has 12 heteroatoms. The van der Waals surface area contributed by atoms with E-state index in [2.05, 4.69) is 20.6 Å². The molecule has 1 aromatic carbocycles. The van der Waals surface area contributed by atoms with Crippen LogP contribution in [0.2, 0.25) is 0 Å². The summed E-state index contributed by atoms with van der Waals surface area (Å²) in [4.78, 5) is 33.2. The van der Waals surface area contributed by atoms with Gasteiger partial charge in [-0.15, -0.1) is 11.3 Å². The molecule has 9 nitrogen and oxygen atoms in total. The molecule has 4 rings (SSSR count). The van der Waals surface area contributed by atoms with E-state index >= 15 is 0 Å². The monoisotopic (exact) mass is 506 g/mol. The van der Waals surface area contributed by atoms with Crippen LogP contribution in [-0.4, -0.2) is 62.3 Å². The van der Waals surface area contributed by atoms with Crippen LogP contribution in [-0.2, 0) is 24.2 Å². The van der Waals surface area contributed by atoms with Gasteiger partial charge in [0.15, 0.2) is 15.1 Å². The average molecular weight is 507 g/mol. The summed E-state index contributed by atoms with van der Waals surface area (Å²) in [7, 11) is -2.63. The van der Waals surface area contributed by atoms with Crippen LogP contribution in [0.25, 0.3) is 21.5 Å². The number of aromatic nitrogens is 2. The Balaban J connectivity index is 1.63. The zero-order chi connectivity index (χ0) is 24.3. The highest BCUT2D eigenvalue weighted by atomic mass is 32.2. The smallest absolute Gasteiger partial charge is 0.245 e. The molecule has 34 heavy (non-hydrogen) atoms. The number of fused-ring (bicyclic) bond motifs is 1. The summed E-state index contributed by atoms with van der Waals surface area (Å²) in [6, 6.07) is 9.65. The standard InChI is InChI=1S/C22H23FN4O5S2/c1-32-9-10-34(30,31)20(21(29)24-12-19(28)25-14-6-7-14)22-27-16-8-5-13(11-17(16)33-22)15-3-2-4-18(23)26-15/h2-5,8,11,14,20H,6-7,9-10,12H2,1H3,(H,24,29)(H,25,28). The van der Waals surface area contributed by atoms with Crippen molar-refractivity contribution in [3.8, 4) is 11.3 Å². The SMILES string of the molecule is COCCS(=O)(=O)C(C(=O)NCC(=O)NC1CC1)c1nc2ccc(-c3cccc(F)n3)cc2s1. The Hall–Kier alpha value is -2.96. The third kappa shape index (κ3) is 5.75. The molecule has 0 aliphatic heterocycles. The van der Waals surface area contributed by atoms with Gasteiger partial charge in [-0.25, -0.2) is 18.4 Å². The second-order valence-electron chi connectivity index (χ2n) is 7.88. The predicted molar refractivity (Wildman–Crippen MR) is 125 cm³/mol. The summed E-state index contributed by atoms with van der Waals surface area (Å²) in [6.07, 6.45) is 1.79. The number of rotatable bonds is 10. The molecular formula is C22H23FN4O5S2. The number of benzene rings is 1. The Morgan fingerprint density at radius 2 is 2.03 bits per heavy atom. The Morgan fingerprint density at radius 3 is 2.74 bits per heavy atom. The molecule has 0 spiro atoms. The van der Waals surface area contributed by atoms with Crippen molar-refractivity contribution in [2.45, 2.75) is 24.1 Å². The van der Waals surface area contributed by atoms with Crippen LogP contribution >= 0.6 is 11.3 Å². The van der Waals surface area contributed by atoms with Crippen molar-refractivity contribution in [2.24, 2.45) is 0 Å². The van der Waals surface area contributed by atoms with Gasteiger partial charge in [-0.2, -0.15) is 4.39 Å². The lowest BCUT2D eigenvalue weighted by Crippen LogP contribution is -2.41. The third-order valence-corrected chi connectivity index (χ3v) is 8.30. The molecule has 1 aliphatic carbocycles. The summed E-state index contributed by atoms with van der Waals surface area (Å²) in [5.41, 5.74) is 1.54. The number of ether oxygens (including phenoxy) is 1. The van der Waals surface area contributed by atoms with Crippen molar-refractivity contribution in [1.82, 2.24) is 20.6 Å². The number of carbonyl (C=O) groups is 2. The van der Waals surface area contributed by atoms with Crippen molar-refractivity contribution in [3.05, 3.63) is 47.4 Å². The van der Waals surface area contributed by atoms with Gasteiger partial charge in [0.2, 0.25) is 17.8 Å². The average Bonchev–Trinajstić information content (AvgIpc) is 3.51. The number of methoxy groups -OCH3 is 1. The van der Waals surface area contributed by atoms with Crippen LogP contribution in [0.15, 0.2) is 36.4 Å². The number of hydrogen-bond donors (Lipinski definition) is 2. The molecule has 0 radical (unpaired) electrons. The number of halogens is 1. The van der Waals surface area contributed by atoms with Crippen LogP contribution in [0.4, 0.5) is 4.39 Å². The molecule has 3 aromatic rings. The number of nitrogens with one attached hydrogen (secondary N) is 2. The van der Waals surface area contributed by atoms with Crippen LogP contribution < -0.4 is 10.6 Å². The quantitative estimate of drug-likeness (QED) is 0.403. The highest BCUT2D eigenvalue weighted by Crippen LogP contribution is 2.33. The molecule has 0 bridgehead atoms. The van der Waals surface area contributed by atoms with E-state index in [4.69, 9.17) is 4.74 Å². The summed E-state index contributed by atoms with van der Waals surface area (Å²) in [5.74, 6) is -2.20. The molecule has 2 heterocycles. The van der Waals surface area contributed by atoms with Gasteiger partial charge in [-0.05, 0) is 37.1 Å². The van der Waals surface area contributed by atoms with Gasteiger partial charge in [0, 0.05) is 18.7 Å². The molecular weight excluding hydrogens is 483 g/mol. The lowest BCUT2D eigenvalue weighted by atomic mass is 10.1. The number of sulfone groups is 1. The summed E-state index contributed by atoms with van der Waals surface area (Å²) < 4.78 is 45.1. The molecule has 1 atom stereocenters. The summed E-state index contributed by atoms with van der Waals surface area (Å²) in [6.45, 7) is -0.416. The largest absolute Gasteiger partial charge is 0.384 e. The van der Waals surface area contributed by atoms with E-state index in [0.29, 0.717) is 21.5 Å². The first kappa shape index (κ1) is 24.2. The van der Waals surface area contributed by atoms with E-state index in [1.165, 1.54) is 13.2 Å². The van der Waals surface area contributed by atoms with E-state index in [1.807, 2.05) is 0 Å². The lowest BCUT2D eigenvalue weighted by molar-refractivity contribution is -0.126. The topological polar surface area (TPSA) is 127 Å². The highest BCUT2D eigenvalue weighted by Gasteiger charge is 2.37. The van der Waals surface area contributed by atoms with E-state index in [9.17, 15) is 22.4 Å². The minimum atomic E-state index is -3.99. The van der Waals surface area contributed by atoms with Crippen LogP contribution in [0.3, 0.4) is 0 Å². The first-order valence-corrected chi connectivity index (χ1v) is 13.1. The predicted octanol–water partition coefficient (Wildman–Crippen LogP) is 1.99. The van der Waals surface area contributed by atoms with E-state index in [0.717, 1.165) is 24.2 Å². The molecule has 1 aliphatic rings. The van der Waals surface area contributed by atoms with E-state index in [1.54, 1.807) is 30.3 Å². The number of thiazole rings is 1. The van der Waals surface area contributed by atoms with Gasteiger partial charge in [0.05, 0.1) is 34.8 Å². The van der Waals surface area contributed by atoms with Crippen molar-refractivity contribution < 1.29 is 27.1 Å². The normalized spacial score (nSPS) is 14.6. The van der Waals surface area contributed by atoms with Gasteiger partial charge >= 0.3 is 0 Å². The number of hydrogen-bond acceptors (Lipinski definition) is 8. The van der Waals surface area contributed by atoms with Gasteiger partial charge in [0.1, 0.15) is 5.01 Å². The fourth-order valence-corrected chi connectivity index (χ4v) is 6.27. The number of pyridine rings is 1. The zero-order valence-corrected chi connectivity index (χ0v) is 19.9. The molecule has 1 unspecified atom stereocenters. The third-order valence-electron chi connectivity index (χ3n) is 5.18. The van der Waals surface area contributed by atoms with Gasteiger partial charge in [-0.1, -0.05) is 12.1 Å². The first-order chi connectivity index (χ1) is 16.3. The number of amides is 2. The van der Waals surface area contributed by atoms with Gasteiger partial charge < -0.3 is 15.4 Å². The lowest BCUT2D eigenvalue weighted by Gasteiger charge is -2.15. The summed E-state index contributed by atoms with van der Waals surface area (Å²) >= 11 is 1.05. The van der Waals surface area contributed by atoms with Gasteiger partial charge in [0.25, 0.3) is 0 Å². The zero-order valence-electron chi connectivity index (χ0n) is 18.3. The Bertz CT molecular complexity index is 1320. The molecule has 2 aromatic heterocycles. The number of carbonyl (C=O) groups excluding carboxylic acids is 2. The fourth-order valence-electron chi connectivity index (χ4n) is 3.30. The maximum absolute atomic E-state index is 13.5. The second-order valence-corrected chi connectivity index (χ2v) is 11.1. The van der Waals surface area contributed by atoms with Crippen LogP contribution in [0.1, 0.15) is 23.1 Å². The molecule has 180 valence electrons. The molecule has 2 amide bonds. The highest BCUT2D eigenvalue weighted by molar-refractivity contribution is 7.92. The Morgan fingerprint density at radius 1 is 1.24 bits per heavy atom. The molecule has 1 saturated carbocycles. The number of nitrogens with zero attached hydrogens (tertiary/aromatic N) is 2. The van der Waals surface area contributed by atoms with Crippen molar-refractivity contribution in [2.75, 3.05) is 26.0 Å². The maximum Gasteiger partial charge on any atom is 0.245 e. The maximum atomic E-state index is 13.5. The van der Waals surface area contributed by atoms with E-state index < -0.39 is 26.9 Å². The van der Waals surface area contributed by atoms with Gasteiger partial charge in [-0.3, -0.25) is 9.59 Å². The minimum absolute atomic E-state index is 0.0792. The Kier molecular flexibility index (Phi) is 7.19. The Labute approximate surface area is 199 Å².